The predicted octanol–water partition coefficient (Wildman–Crippen LogP) is 18.6. The lowest BCUT2D eigenvalue weighted by atomic mass is 9.63. The quantitative estimate of drug-likeness (QED) is 0.172. The first-order valence-electron chi connectivity index (χ1n) is 25.9. The third kappa shape index (κ3) is 6.27. The van der Waals surface area contributed by atoms with Gasteiger partial charge in [0, 0.05) is 39.0 Å². The summed E-state index contributed by atoms with van der Waals surface area (Å²) in [7, 11) is 0. The monoisotopic (exact) mass is 957 g/mol. The molecule has 0 atom stereocenters. The second kappa shape index (κ2) is 15.9. The number of rotatable bonds is 5. The number of anilines is 3. The van der Waals surface area contributed by atoms with Crippen molar-refractivity contribution in [3.05, 3.63) is 280 Å². The third-order valence-electron chi connectivity index (χ3n) is 16.2. The van der Waals surface area contributed by atoms with Crippen molar-refractivity contribution in [2.45, 2.75) is 63.2 Å². The van der Waals surface area contributed by atoms with Crippen LogP contribution in [0.2, 0.25) is 0 Å². The molecule has 1 aromatic heterocycles. The molecule has 0 unspecified atom stereocenters. The SMILES string of the molecule is CC(C)(C)c1ccc2c(c1)C1(c3cc(C(C)(C)C)ccc3O2)c2ccccc2-c2ccc(N(c3ccc4c(c3)C(c3ccccc3)(c3ccccc3)c3ccccc3O4)c3cccc4oc5ccccc5c34)cc21. The molecule has 0 saturated carbocycles. The van der Waals surface area contributed by atoms with Crippen LogP contribution >= 0.6 is 0 Å². The van der Waals surface area contributed by atoms with Gasteiger partial charge in [-0.15, -0.1) is 0 Å². The minimum absolute atomic E-state index is 0.110. The van der Waals surface area contributed by atoms with Gasteiger partial charge >= 0.3 is 0 Å². The van der Waals surface area contributed by atoms with Crippen LogP contribution in [0.15, 0.2) is 229 Å². The molecule has 2 aliphatic heterocycles. The summed E-state index contributed by atoms with van der Waals surface area (Å²) in [6.07, 6.45) is 0. The Balaban J connectivity index is 1.10. The molecule has 3 aliphatic rings. The Kier molecular flexibility index (Phi) is 9.51. The average molecular weight is 958 g/mol. The zero-order valence-electron chi connectivity index (χ0n) is 42.5. The normalized spacial score (nSPS) is 14.5. The van der Waals surface area contributed by atoms with Crippen molar-refractivity contribution in [1.82, 2.24) is 0 Å². The number of hydrogen-bond donors (Lipinski definition) is 0. The van der Waals surface area contributed by atoms with Gasteiger partial charge in [0.05, 0.1) is 21.9 Å². The van der Waals surface area contributed by atoms with E-state index in [4.69, 9.17) is 13.9 Å². The van der Waals surface area contributed by atoms with E-state index in [0.717, 1.165) is 95.4 Å². The fourth-order valence-corrected chi connectivity index (χ4v) is 12.7. The second-order valence-corrected chi connectivity index (χ2v) is 22.4. The molecule has 14 rings (SSSR count). The van der Waals surface area contributed by atoms with Crippen molar-refractivity contribution >= 4 is 39.0 Å². The Bertz CT molecular complexity index is 3950. The fraction of sp³-hybridized carbons (Fsp3) is 0.143. The molecule has 0 radical (unpaired) electrons. The summed E-state index contributed by atoms with van der Waals surface area (Å²) in [5, 5.41) is 2.10. The van der Waals surface area contributed by atoms with Crippen LogP contribution in [0.25, 0.3) is 33.1 Å². The summed E-state index contributed by atoms with van der Waals surface area (Å²) in [4.78, 5) is 2.46. The van der Waals surface area contributed by atoms with Gasteiger partial charge in [-0.05, 0) is 134 Å². The number of hydrogen-bond acceptors (Lipinski definition) is 4. The number of ether oxygens (including phenoxy) is 2. The fourth-order valence-electron chi connectivity index (χ4n) is 12.7. The van der Waals surface area contributed by atoms with E-state index >= 15 is 0 Å². The lowest BCUT2D eigenvalue weighted by molar-refractivity contribution is 0.433. The van der Waals surface area contributed by atoms with Crippen molar-refractivity contribution in [1.29, 1.82) is 0 Å². The van der Waals surface area contributed by atoms with Crippen LogP contribution in [0, 0.1) is 0 Å². The van der Waals surface area contributed by atoms with Crippen molar-refractivity contribution in [3.63, 3.8) is 0 Å². The Labute approximate surface area is 433 Å². The van der Waals surface area contributed by atoms with Crippen LogP contribution in [0.5, 0.6) is 23.0 Å². The van der Waals surface area contributed by atoms with Crippen LogP contribution in [0.3, 0.4) is 0 Å². The lowest BCUT2D eigenvalue weighted by Gasteiger charge is -2.42. The molecule has 1 aliphatic carbocycles. The van der Waals surface area contributed by atoms with E-state index in [0.29, 0.717) is 0 Å². The Morgan fingerprint density at radius 3 is 1.49 bits per heavy atom. The summed E-state index contributed by atoms with van der Waals surface area (Å²) < 4.78 is 20.8. The van der Waals surface area contributed by atoms with Crippen LogP contribution in [0.4, 0.5) is 17.1 Å². The molecular weight excluding hydrogens is 903 g/mol. The van der Waals surface area contributed by atoms with Gasteiger partial charge < -0.3 is 18.8 Å². The Morgan fingerprint density at radius 2 is 0.838 bits per heavy atom. The number of fused-ring (bicyclic) bond motifs is 14. The van der Waals surface area contributed by atoms with Gasteiger partial charge in [0.25, 0.3) is 0 Å². The second-order valence-electron chi connectivity index (χ2n) is 22.4. The molecule has 3 heterocycles. The molecule has 0 N–H and O–H groups in total. The van der Waals surface area contributed by atoms with E-state index in [9.17, 15) is 0 Å². The van der Waals surface area contributed by atoms with E-state index in [1.54, 1.807) is 0 Å². The van der Waals surface area contributed by atoms with Crippen LogP contribution < -0.4 is 14.4 Å². The highest BCUT2D eigenvalue weighted by Gasteiger charge is 2.52. The maximum atomic E-state index is 7.06. The van der Waals surface area contributed by atoms with E-state index in [1.807, 2.05) is 6.07 Å². The number of furan rings is 1. The molecule has 0 saturated heterocycles. The molecule has 74 heavy (non-hydrogen) atoms. The van der Waals surface area contributed by atoms with Gasteiger partial charge in [-0.2, -0.15) is 0 Å². The molecule has 4 heteroatoms. The highest BCUT2D eigenvalue weighted by molar-refractivity contribution is 6.13. The first kappa shape index (κ1) is 44.1. The summed E-state index contributed by atoms with van der Waals surface area (Å²) >= 11 is 0. The standard InChI is InChI=1S/C70H55NO3/c1-67(2,3)46-32-37-62-56(40-46)70(57-41-47(68(4,5)6)33-38-63(57)74-62)53-26-15-13-24-50(53)51-36-34-48(42-55(51)70)71(59-28-19-31-65-66(59)52-25-14-17-29-60(52)72-65)49-35-39-64-58(43-49)69(44-20-9-7-10-21-44,45-22-11-8-12-23-45)54-27-16-18-30-61(54)73-64/h7-43H,1-6H3. The largest absolute Gasteiger partial charge is 0.457 e. The maximum absolute atomic E-state index is 7.06. The van der Waals surface area contributed by atoms with E-state index in [2.05, 4.69) is 265 Å². The Hall–Kier alpha value is -8.60. The summed E-state index contributed by atoms with van der Waals surface area (Å²) in [6.45, 7) is 13.8. The van der Waals surface area contributed by atoms with Gasteiger partial charge in [0.15, 0.2) is 0 Å². The molecule has 0 bridgehead atoms. The van der Waals surface area contributed by atoms with Gasteiger partial charge in [-0.25, -0.2) is 0 Å². The van der Waals surface area contributed by atoms with Crippen LogP contribution in [-0.4, -0.2) is 0 Å². The number of para-hydroxylation sites is 2. The Morgan fingerprint density at radius 1 is 0.351 bits per heavy atom. The van der Waals surface area contributed by atoms with Gasteiger partial charge in [0.1, 0.15) is 34.2 Å². The molecule has 358 valence electrons. The number of benzene rings is 10. The summed E-state index contributed by atoms with van der Waals surface area (Å²) in [5.41, 5.74) is 17.2. The van der Waals surface area contributed by atoms with Crippen LogP contribution in [0.1, 0.15) is 97.2 Å². The average Bonchev–Trinajstić information content (AvgIpc) is 3.98. The summed E-state index contributed by atoms with van der Waals surface area (Å²) in [5.74, 6) is 3.41. The number of nitrogens with zero attached hydrogens (tertiary/aromatic N) is 1. The maximum Gasteiger partial charge on any atom is 0.137 e. The third-order valence-corrected chi connectivity index (χ3v) is 16.2. The molecule has 4 nitrogen and oxygen atoms in total. The first-order chi connectivity index (χ1) is 35.9. The molecular formula is C70H55NO3. The lowest BCUT2D eigenvalue weighted by Crippen LogP contribution is -2.34. The molecule has 0 amide bonds. The molecule has 10 aromatic carbocycles. The highest BCUT2D eigenvalue weighted by atomic mass is 16.5. The topological polar surface area (TPSA) is 34.8 Å². The minimum atomic E-state index is -0.726. The van der Waals surface area contributed by atoms with Crippen molar-refractivity contribution in [2.75, 3.05) is 4.90 Å². The van der Waals surface area contributed by atoms with Gasteiger partial charge in [-0.1, -0.05) is 187 Å². The highest BCUT2D eigenvalue weighted by Crippen LogP contribution is 2.64. The first-order valence-corrected chi connectivity index (χ1v) is 25.9. The van der Waals surface area contributed by atoms with Crippen molar-refractivity contribution < 1.29 is 13.9 Å². The zero-order chi connectivity index (χ0) is 50.1. The minimum Gasteiger partial charge on any atom is -0.457 e. The van der Waals surface area contributed by atoms with E-state index in [-0.39, 0.29) is 10.8 Å². The zero-order valence-corrected chi connectivity index (χ0v) is 42.5. The smallest absolute Gasteiger partial charge is 0.137 e. The van der Waals surface area contributed by atoms with Gasteiger partial charge in [-0.3, -0.25) is 0 Å². The van der Waals surface area contributed by atoms with Crippen molar-refractivity contribution in [3.8, 4) is 34.1 Å². The molecule has 1 spiro atoms. The summed E-state index contributed by atoms with van der Waals surface area (Å²) in [6, 6.07) is 82.1. The predicted molar refractivity (Wildman–Crippen MR) is 302 cm³/mol. The van der Waals surface area contributed by atoms with E-state index in [1.165, 1.54) is 33.4 Å². The molecule has 0 fully saturated rings. The van der Waals surface area contributed by atoms with Crippen molar-refractivity contribution in [2.24, 2.45) is 0 Å². The van der Waals surface area contributed by atoms with Gasteiger partial charge in [0.2, 0.25) is 0 Å². The van der Waals surface area contributed by atoms with E-state index < -0.39 is 10.8 Å². The van der Waals surface area contributed by atoms with Crippen LogP contribution in [-0.2, 0) is 21.7 Å². The molecule has 11 aromatic rings.